The number of nitrogens with zero attached hydrogens (tertiary/aromatic N) is 3. The number of hydrogen-bond acceptors (Lipinski definition) is 8. The highest BCUT2D eigenvalue weighted by Crippen LogP contribution is 2.31. The highest BCUT2D eigenvalue weighted by molar-refractivity contribution is 6.38. The maximum absolute atomic E-state index is 14.2. The highest BCUT2D eigenvalue weighted by Gasteiger charge is 2.41. The molecule has 0 spiro atoms. The van der Waals surface area contributed by atoms with Crippen LogP contribution in [0.5, 0.6) is 0 Å². The normalized spacial score (nSPS) is 18.6. The predicted octanol–water partition coefficient (Wildman–Crippen LogP) is 2.06. The van der Waals surface area contributed by atoms with Crippen molar-refractivity contribution in [1.82, 2.24) is 36.1 Å². The first-order chi connectivity index (χ1) is 22.4. The van der Waals surface area contributed by atoms with Gasteiger partial charge in [0.2, 0.25) is 23.5 Å². The van der Waals surface area contributed by atoms with Crippen LogP contribution in [0.3, 0.4) is 0 Å². The summed E-state index contributed by atoms with van der Waals surface area (Å²) in [5.74, 6) is -3.21. The van der Waals surface area contributed by atoms with Gasteiger partial charge in [0.15, 0.2) is 0 Å². The molecule has 5 amide bonds. The lowest BCUT2D eigenvalue weighted by Crippen LogP contribution is -2.61. The molecule has 0 saturated heterocycles. The second-order valence-corrected chi connectivity index (χ2v) is 14.4. The monoisotopic (exact) mass is 653 g/mol. The van der Waals surface area contributed by atoms with E-state index in [1.807, 2.05) is 27.7 Å². The van der Waals surface area contributed by atoms with Gasteiger partial charge in [-0.05, 0) is 62.2 Å². The molecular weight excluding hydrogens is 602 g/mol. The minimum atomic E-state index is -1.00. The van der Waals surface area contributed by atoms with Gasteiger partial charge in [-0.15, -0.1) is 0 Å². The van der Waals surface area contributed by atoms with Crippen LogP contribution in [-0.4, -0.2) is 87.4 Å². The molecule has 1 aromatic heterocycles. The lowest BCUT2D eigenvalue weighted by molar-refractivity contribution is -0.144. The molecule has 3 fully saturated rings. The van der Waals surface area contributed by atoms with Crippen LogP contribution in [0, 0.1) is 17.3 Å². The molecule has 13 nitrogen and oxygen atoms in total. The molecule has 1 heterocycles. The fourth-order valence-electron chi connectivity index (χ4n) is 6.02. The number of Topliss-reactive ketones (excluding diaryl/α,β-unsaturated/α-hetero) is 1. The summed E-state index contributed by atoms with van der Waals surface area (Å²) in [6.07, 6.45) is 13.1. The second kappa shape index (κ2) is 16.3. The Labute approximate surface area is 277 Å². The van der Waals surface area contributed by atoms with Gasteiger partial charge in [0.25, 0.3) is 11.8 Å². The van der Waals surface area contributed by atoms with Crippen molar-refractivity contribution in [3.63, 3.8) is 0 Å². The third kappa shape index (κ3) is 10.8. The topological polar surface area (TPSA) is 180 Å². The average molecular weight is 654 g/mol. The van der Waals surface area contributed by atoms with Gasteiger partial charge in [-0.3, -0.25) is 33.8 Å². The third-order valence-electron chi connectivity index (χ3n) is 9.07. The maximum Gasteiger partial charge on any atom is 0.289 e. The van der Waals surface area contributed by atoms with Crippen molar-refractivity contribution in [1.29, 1.82) is 0 Å². The van der Waals surface area contributed by atoms with E-state index in [1.165, 1.54) is 23.5 Å². The molecule has 3 atom stereocenters. The van der Waals surface area contributed by atoms with Crippen LogP contribution in [0.1, 0.15) is 109 Å². The van der Waals surface area contributed by atoms with Crippen molar-refractivity contribution >= 4 is 35.3 Å². The Morgan fingerprint density at radius 3 is 2.19 bits per heavy atom. The Morgan fingerprint density at radius 1 is 0.915 bits per heavy atom. The van der Waals surface area contributed by atoms with E-state index in [9.17, 15) is 28.8 Å². The number of ketones is 1. The summed E-state index contributed by atoms with van der Waals surface area (Å²) in [6.45, 7) is 7.40. The van der Waals surface area contributed by atoms with Gasteiger partial charge in [-0.1, -0.05) is 53.4 Å². The molecule has 47 heavy (non-hydrogen) atoms. The van der Waals surface area contributed by atoms with E-state index in [1.54, 1.807) is 0 Å². The van der Waals surface area contributed by atoms with Crippen LogP contribution in [0.4, 0.5) is 0 Å². The number of hydrogen-bond donors (Lipinski definition) is 4. The zero-order chi connectivity index (χ0) is 34.1. The zero-order valence-electron chi connectivity index (χ0n) is 28.2. The Morgan fingerprint density at radius 2 is 1.62 bits per heavy atom. The minimum absolute atomic E-state index is 0.0127. The number of carbonyl (C=O) groups excluding carboxylic acids is 6. The lowest BCUT2D eigenvalue weighted by atomic mass is 9.82. The molecule has 13 heteroatoms. The van der Waals surface area contributed by atoms with Gasteiger partial charge in [0.05, 0.1) is 18.8 Å². The number of aromatic nitrogens is 2. The van der Waals surface area contributed by atoms with Gasteiger partial charge in [-0.2, -0.15) is 0 Å². The van der Waals surface area contributed by atoms with E-state index in [0.29, 0.717) is 19.4 Å². The predicted molar refractivity (Wildman–Crippen MR) is 174 cm³/mol. The van der Waals surface area contributed by atoms with Crippen molar-refractivity contribution in [3.8, 4) is 0 Å². The summed E-state index contributed by atoms with van der Waals surface area (Å²) in [5.41, 5.74) is -0.644. The summed E-state index contributed by atoms with van der Waals surface area (Å²) in [4.78, 5) is 89.5. The molecule has 3 aliphatic rings. The van der Waals surface area contributed by atoms with Crippen LogP contribution < -0.4 is 21.3 Å². The van der Waals surface area contributed by atoms with E-state index in [-0.39, 0.29) is 30.1 Å². The standard InChI is InChI=1S/C34H51N7O6/c1-5-9-24(28(43)32(46)37-23-14-15-23)38-26(42)20-41(19-21-12-13-21)33(47)29(34(2,3)4)40-31(45)27(22-10-7-6-8-11-22)39-30(44)25-18-35-16-17-36-25/h16-18,21-24,27,29H,5-15,19-20H2,1-4H3,(H,37,46)(H,38,42)(H,39,44)(H,40,45)/t24-,27-,29?/m0/s1. The molecule has 3 saturated carbocycles. The fourth-order valence-corrected chi connectivity index (χ4v) is 6.02. The SMILES string of the molecule is CCC[C@H](NC(=O)CN(CC1CC1)C(=O)C(NC(=O)[C@@H](NC(=O)c1cnccn1)C1CCCCC1)C(C)(C)C)C(=O)C(=O)NC1CC1. The summed E-state index contributed by atoms with van der Waals surface area (Å²) >= 11 is 0. The Kier molecular flexibility index (Phi) is 12.4. The van der Waals surface area contributed by atoms with E-state index < -0.39 is 58.9 Å². The van der Waals surface area contributed by atoms with Crippen LogP contribution in [0.2, 0.25) is 0 Å². The second-order valence-electron chi connectivity index (χ2n) is 14.4. The van der Waals surface area contributed by atoms with E-state index in [4.69, 9.17) is 0 Å². The molecule has 4 N–H and O–H groups in total. The first-order valence-electron chi connectivity index (χ1n) is 17.2. The van der Waals surface area contributed by atoms with Gasteiger partial charge in [-0.25, -0.2) is 4.98 Å². The highest BCUT2D eigenvalue weighted by atomic mass is 16.2. The average Bonchev–Trinajstić information content (AvgIpc) is 3.99. The minimum Gasteiger partial charge on any atom is -0.347 e. The Balaban J connectivity index is 1.49. The lowest BCUT2D eigenvalue weighted by Gasteiger charge is -2.37. The van der Waals surface area contributed by atoms with Gasteiger partial charge < -0.3 is 26.2 Å². The van der Waals surface area contributed by atoms with E-state index in [2.05, 4.69) is 31.2 Å². The number of carbonyl (C=O) groups is 6. The van der Waals surface area contributed by atoms with Crippen LogP contribution >= 0.6 is 0 Å². The van der Waals surface area contributed by atoms with Crippen LogP contribution in [0.25, 0.3) is 0 Å². The van der Waals surface area contributed by atoms with Gasteiger partial charge in [0, 0.05) is 25.0 Å². The van der Waals surface area contributed by atoms with Crippen molar-refractivity contribution in [2.75, 3.05) is 13.1 Å². The molecular formula is C34H51N7O6. The Hall–Kier alpha value is -3.90. The molecule has 1 unspecified atom stereocenters. The molecule has 0 aliphatic heterocycles. The van der Waals surface area contributed by atoms with E-state index in [0.717, 1.165) is 57.8 Å². The number of rotatable bonds is 16. The molecule has 0 radical (unpaired) electrons. The van der Waals surface area contributed by atoms with Crippen molar-refractivity contribution in [2.45, 2.75) is 122 Å². The molecule has 1 aromatic rings. The molecule has 0 bridgehead atoms. The van der Waals surface area contributed by atoms with Gasteiger partial charge >= 0.3 is 0 Å². The first-order valence-corrected chi connectivity index (χ1v) is 17.2. The number of amides is 5. The van der Waals surface area contributed by atoms with Gasteiger partial charge in [0.1, 0.15) is 17.8 Å². The molecule has 3 aliphatic carbocycles. The molecule has 258 valence electrons. The third-order valence-corrected chi connectivity index (χ3v) is 9.07. The zero-order valence-corrected chi connectivity index (χ0v) is 28.2. The smallest absolute Gasteiger partial charge is 0.289 e. The quantitative estimate of drug-likeness (QED) is 0.196. The fraction of sp³-hybridized carbons (Fsp3) is 0.706. The summed E-state index contributed by atoms with van der Waals surface area (Å²) in [5, 5.41) is 11.2. The van der Waals surface area contributed by atoms with E-state index >= 15 is 0 Å². The number of nitrogens with one attached hydrogen (secondary N) is 4. The summed E-state index contributed by atoms with van der Waals surface area (Å²) in [6, 6.07) is -2.86. The maximum atomic E-state index is 14.2. The largest absolute Gasteiger partial charge is 0.347 e. The summed E-state index contributed by atoms with van der Waals surface area (Å²) < 4.78 is 0. The molecule has 4 rings (SSSR count). The Bertz CT molecular complexity index is 1290. The summed E-state index contributed by atoms with van der Waals surface area (Å²) in [7, 11) is 0. The first kappa shape index (κ1) is 35.9. The van der Waals surface area contributed by atoms with Crippen molar-refractivity contribution in [2.24, 2.45) is 17.3 Å². The van der Waals surface area contributed by atoms with Crippen LogP contribution in [-0.2, 0) is 24.0 Å². The van der Waals surface area contributed by atoms with Crippen molar-refractivity contribution < 1.29 is 28.8 Å². The molecule has 0 aromatic carbocycles. The van der Waals surface area contributed by atoms with Crippen molar-refractivity contribution in [3.05, 3.63) is 24.3 Å². The van der Waals surface area contributed by atoms with Crippen LogP contribution in [0.15, 0.2) is 18.6 Å².